The van der Waals surface area contributed by atoms with E-state index in [2.05, 4.69) is 35.1 Å². The fourth-order valence-corrected chi connectivity index (χ4v) is 3.43. The fraction of sp³-hybridized carbons (Fsp3) is 0. The lowest BCUT2D eigenvalue weighted by Gasteiger charge is -2.00. The van der Waals surface area contributed by atoms with Gasteiger partial charge in [0.1, 0.15) is 17.4 Å². The molecule has 2 N–H and O–H groups in total. The van der Waals surface area contributed by atoms with Gasteiger partial charge in [0, 0.05) is 47.7 Å². The van der Waals surface area contributed by atoms with Gasteiger partial charge in [-0.1, -0.05) is 6.07 Å². The van der Waals surface area contributed by atoms with E-state index in [1.165, 1.54) is 6.33 Å². The number of nitrogens with one attached hydrogen (secondary N) is 2. The number of fused-ring (bicyclic) bond motifs is 2. The van der Waals surface area contributed by atoms with E-state index < -0.39 is 0 Å². The lowest BCUT2D eigenvalue weighted by atomic mass is 10.1. The Morgan fingerprint density at radius 1 is 0.700 bits per heavy atom. The van der Waals surface area contributed by atoms with E-state index >= 15 is 0 Å². The summed E-state index contributed by atoms with van der Waals surface area (Å²) in [5.41, 5.74) is 7.23. The van der Waals surface area contributed by atoms with Crippen LogP contribution in [0.15, 0.2) is 67.8 Å². The fourth-order valence-electron chi connectivity index (χ4n) is 3.43. The third-order valence-electron chi connectivity index (χ3n) is 4.86. The van der Waals surface area contributed by atoms with Gasteiger partial charge in [-0.2, -0.15) is 5.10 Å². The molecule has 0 saturated heterocycles. The molecule has 9 nitrogen and oxygen atoms in total. The molecule has 142 valence electrons. The number of hydrogen-bond donors (Lipinski definition) is 2. The first kappa shape index (κ1) is 16.4. The first-order chi connectivity index (χ1) is 14.9. The molecule has 6 rings (SSSR count). The van der Waals surface area contributed by atoms with Crippen molar-refractivity contribution in [3.05, 3.63) is 67.8 Å². The normalized spacial score (nSPS) is 11.3. The highest BCUT2D eigenvalue weighted by Gasteiger charge is 2.17. The van der Waals surface area contributed by atoms with E-state index in [1.54, 1.807) is 37.2 Å². The predicted molar refractivity (Wildman–Crippen MR) is 111 cm³/mol. The van der Waals surface area contributed by atoms with E-state index in [1.807, 2.05) is 24.3 Å². The number of nitrogens with zero attached hydrogens (tertiary/aromatic N) is 7. The van der Waals surface area contributed by atoms with Crippen molar-refractivity contribution in [3.63, 3.8) is 0 Å². The Hall–Kier alpha value is -4.53. The zero-order chi connectivity index (χ0) is 19.9. The van der Waals surface area contributed by atoms with Crippen molar-refractivity contribution in [2.24, 2.45) is 0 Å². The molecule has 0 aliphatic heterocycles. The molecule has 0 bridgehead atoms. The van der Waals surface area contributed by atoms with Crippen molar-refractivity contribution in [2.75, 3.05) is 0 Å². The van der Waals surface area contributed by atoms with Gasteiger partial charge in [-0.25, -0.2) is 19.9 Å². The summed E-state index contributed by atoms with van der Waals surface area (Å²) in [5, 5.41) is 7.48. The van der Waals surface area contributed by atoms with Crippen molar-refractivity contribution in [1.29, 1.82) is 0 Å². The minimum absolute atomic E-state index is 0.614. The first-order valence-corrected chi connectivity index (χ1v) is 9.22. The van der Waals surface area contributed by atoms with E-state index in [-0.39, 0.29) is 0 Å². The number of aromatic nitrogens is 9. The van der Waals surface area contributed by atoms with Crippen molar-refractivity contribution in [1.82, 2.24) is 45.1 Å². The molecule has 6 heterocycles. The van der Waals surface area contributed by atoms with Crippen LogP contribution in [0.25, 0.3) is 56.0 Å². The molecule has 9 heteroatoms. The summed E-state index contributed by atoms with van der Waals surface area (Å²) in [5.74, 6) is 0.614. The van der Waals surface area contributed by atoms with Crippen LogP contribution >= 0.6 is 0 Å². The summed E-state index contributed by atoms with van der Waals surface area (Å²) in [6.45, 7) is 0. The van der Waals surface area contributed by atoms with Crippen LogP contribution in [0.4, 0.5) is 0 Å². The average Bonchev–Trinajstić information content (AvgIpc) is 3.43. The van der Waals surface area contributed by atoms with Gasteiger partial charge in [0.15, 0.2) is 11.5 Å². The number of H-pyrrole nitrogens is 2. The number of rotatable bonds is 3. The van der Waals surface area contributed by atoms with E-state index in [0.29, 0.717) is 17.0 Å². The quantitative estimate of drug-likeness (QED) is 0.474. The molecule has 0 aliphatic carbocycles. The van der Waals surface area contributed by atoms with Gasteiger partial charge in [0.05, 0.1) is 22.9 Å². The Morgan fingerprint density at radius 2 is 1.60 bits per heavy atom. The van der Waals surface area contributed by atoms with Crippen LogP contribution in [0.3, 0.4) is 0 Å². The van der Waals surface area contributed by atoms with E-state index in [9.17, 15) is 0 Å². The minimum atomic E-state index is 0.614. The maximum absolute atomic E-state index is 4.81. The summed E-state index contributed by atoms with van der Waals surface area (Å²) < 4.78 is 0. The maximum atomic E-state index is 4.81. The third-order valence-corrected chi connectivity index (χ3v) is 4.86. The Labute approximate surface area is 169 Å². The van der Waals surface area contributed by atoms with Gasteiger partial charge in [0.2, 0.25) is 0 Å². The van der Waals surface area contributed by atoms with Crippen LogP contribution in [0.1, 0.15) is 0 Å². The van der Waals surface area contributed by atoms with Crippen LogP contribution in [-0.2, 0) is 0 Å². The molecule has 0 spiro atoms. The number of hydrogen-bond acceptors (Lipinski definition) is 7. The third kappa shape index (κ3) is 2.60. The van der Waals surface area contributed by atoms with Crippen LogP contribution in [0.5, 0.6) is 0 Å². The second-order valence-corrected chi connectivity index (χ2v) is 6.70. The largest absolute Gasteiger partial charge is 0.335 e. The molecular formula is C21H13N9. The zero-order valence-corrected chi connectivity index (χ0v) is 15.5. The van der Waals surface area contributed by atoms with Crippen LogP contribution < -0.4 is 0 Å². The van der Waals surface area contributed by atoms with Gasteiger partial charge in [-0.05, 0) is 18.2 Å². The molecule has 0 aromatic carbocycles. The lowest BCUT2D eigenvalue weighted by Crippen LogP contribution is -1.88. The SMILES string of the molecule is c1cncc(-c2cncc3[nH]c(-c4n[nH]c5ccc(-c6cncnc6)nc45)nc23)c1. The number of pyridine rings is 3. The van der Waals surface area contributed by atoms with Crippen LogP contribution in [0.2, 0.25) is 0 Å². The van der Waals surface area contributed by atoms with Crippen LogP contribution in [-0.4, -0.2) is 45.1 Å². The van der Waals surface area contributed by atoms with Crippen LogP contribution in [0, 0.1) is 0 Å². The molecule has 0 aliphatic rings. The Morgan fingerprint density at radius 3 is 2.47 bits per heavy atom. The number of imidazole rings is 1. The van der Waals surface area contributed by atoms with Gasteiger partial charge in [-0.3, -0.25) is 15.1 Å². The molecule has 0 radical (unpaired) electrons. The second kappa shape index (κ2) is 6.52. The minimum Gasteiger partial charge on any atom is -0.335 e. The molecule has 0 atom stereocenters. The smallest absolute Gasteiger partial charge is 0.161 e. The molecule has 0 unspecified atom stereocenters. The highest BCUT2D eigenvalue weighted by atomic mass is 15.2. The van der Waals surface area contributed by atoms with Gasteiger partial charge >= 0.3 is 0 Å². The highest BCUT2D eigenvalue weighted by Crippen LogP contribution is 2.30. The lowest BCUT2D eigenvalue weighted by molar-refractivity contribution is 1.10. The Kier molecular flexibility index (Phi) is 3.57. The van der Waals surface area contributed by atoms with Crippen molar-refractivity contribution in [2.45, 2.75) is 0 Å². The molecule has 6 aromatic rings. The van der Waals surface area contributed by atoms with E-state index in [4.69, 9.17) is 9.97 Å². The second-order valence-electron chi connectivity index (χ2n) is 6.70. The van der Waals surface area contributed by atoms with Gasteiger partial charge in [0.25, 0.3) is 0 Å². The molecule has 0 amide bonds. The van der Waals surface area contributed by atoms with Crippen molar-refractivity contribution < 1.29 is 0 Å². The van der Waals surface area contributed by atoms with Gasteiger partial charge < -0.3 is 4.98 Å². The van der Waals surface area contributed by atoms with Gasteiger partial charge in [-0.15, -0.1) is 0 Å². The molecule has 0 fully saturated rings. The average molecular weight is 391 g/mol. The molecule has 0 saturated carbocycles. The summed E-state index contributed by atoms with van der Waals surface area (Å²) in [4.78, 5) is 29.6. The predicted octanol–water partition coefficient (Wildman–Crippen LogP) is 3.42. The highest BCUT2D eigenvalue weighted by molar-refractivity contribution is 5.95. The Balaban J connectivity index is 1.52. The molecule has 30 heavy (non-hydrogen) atoms. The monoisotopic (exact) mass is 391 g/mol. The maximum Gasteiger partial charge on any atom is 0.161 e. The summed E-state index contributed by atoms with van der Waals surface area (Å²) in [6, 6.07) is 7.72. The standard InChI is InChI=1S/C21H13N9/c1-2-12(6-22-5-1)14-9-23-10-17-18(14)28-21(27-17)20-19-16(29-30-20)4-3-15(26-19)13-7-24-11-25-8-13/h1-11H,(H,27,28)(H,29,30). The van der Waals surface area contributed by atoms with E-state index in [0.717, 1.165) is 38.9 Å². The molecule has 6 aromatic heterocycles. The summed E-state index contributed by atoms with van der Waals surface area (Å²) >= 11 is 0. The van der Waals surface area contributed by atoms with Crippen molar-refractivity contribution in [3.8, 4) is 33.9 Å². The Bertz CT molecular complexity index is 1490. The topological polar surface area (TPSA) is 122 Å². The molecular weight excluding hydrogens is 378 g/mol. The summed E-state index contributed by atoms with van der Waals surface area (Å²) in [7, 11) is 0. The summed E-state index contributed by atoms with van der Waals surface area (Å²) in [6.07, 6.45) is 12.0. The van der Waals surface area contributed by atoms with Crippen molar-refractivity contribution >= 4 is 22.1 Å². The number of aromatic amines is 2. The zero-order valence-electron chi connectivity index (χ0n) is 15.5. The first-order valence-electron chi connectivity index (χ1n) is 9.22.